The summed E-state index contributed by atoms with van der Waals surface area (Å²) in [5, 5.41) is 9.71. The van der Waals surface area contributed by atoms with Gasteiger partial charge in [0.25, 0.3) is 5.91 Å². The Morgan fingerprint density at radius 2 is 2.00 bits per heavy atom. The van der Waals surface area contributed by atoms with E-state index in [9.17, 15) is 4.79 Å². The Kier molecular flexibility index (Phi) is 3.45. The highest BCUT2D eigenvalue weighted by molar-refractivity contribution is 6.40. The zero-order valence-corrected chi connectivity index (χ0v) is 10.9. The lowest BCUT2D eigenvalue weighted by molar-refractivity contribution is 0.102. The summed E-state index contributed by atoms with van der Waals surface area (Å²) >= 11 is 11.9. The second-order valence-corrected chi connectivity index (χ2v) is 4.47. The van der Waals surface area contributed by atoms with Crippen LogP contribution in [0.4, 0.5) is 11.5 Å². The molecule has 1 aromatic carbocycles. The average molecular weight is 285 g/mol. The standard InChI is InChI=1S/C11H10Cl2N4O/c1-5-8(10(14)17-16-5)11(18)15-9-6(12)3-2-4-7(9)13/h2-4H,1H3,(H,15,18)(H3,14,16,17). The van der Waals surface area contributed by atoms with Gasteiger partial charge in [0, 0.05) is 5.69 Å². The molecule has 0 aliphatic rings. The monoisotopic (exact) mass is 284 g/mol. The minimum absolute atomic E-state index is 0.133. The number of rotatable bonds is 2. The van der Waals surface area contributed by atoms with Crippen LogP contribution >= 0.6 is 23.2 Å². The maximum Gasteiger partial charge on any atom is 0.261 e. The first-order chi connectivity index (χ1) is 8.50. The fourth-order valence-electron chi connectivity index (χ4n) is 1.53. The van der Waals surface area contributed by atoms with E-state index in [0.717, 1.165) is 0 Å². The van der Waals surface area contributed by atoms with Crippen LogP contribution in [0.15, 0.2) is 18.2 Å². The highest BCUT2D eigenvalue weighted by Crippen LogP contribution is 2.30. The number of carbonyl (C=O) groups is 1. The summed E-state index contributed by atoms with van der Waals surface area (Å²) in [5.41, 5.74) is 6.82. The molecule has 5 nitrogen and oxygen atoms in total. The van der Waals surface area contributed by atoms with Gasteiger partial charge in [0.1, 0.15) is 5.56 Å². The molecule has 2 aromatic rings. The van der Waals surface area contributed by atoms with Crippen molar-refractivity contribution in [1.82, 2.24) is 10.2 Å². The van der Waals surface area contributed by atoms with Crippen molar-refractivity contribution in [1.29, 1.82) is 0 Å². The smallest absolute Gasteiger partial charge is 0.261 e. The lowest BCUT2D eigenvalue weighted by Crippen LogP contribution is -2.14. The molecule has 0 unspecified atom stereocenters. The number of para-hydroxylation sites is 1. The van der Waals surface area contributed by atoms with E-state index in [0.29, 0.717) is 21.4 Å². The number of aromatic nitrogens is 2. The van der Waals surface area contributed by atoms with Crippen molar-refractivity contribution in [3.8, 4) is 0 Å². The van der Waals surface area contributed by atoms with Crippen LogP contribution in [0, 0.1) is 6.92 Å². The summed E-state index contributed by atoms with van der Waals surface area (Å²) in [6, 6.07) is 4.96. The van der Waals surface area contributed by atoms with E-state index in [4.69, 9.17) is 28.9 Å². The number of amides is 1. The Labute approximate surface area is 113 Å². The highest BCUT2D eigenvalue weighted by atomic mass is 35.5. The average Bonchev–Trinajstić information content (AvgIpc) is 2.64. The Hall–Kier alpha value is -1.72. The minimum atomic E-state index is -0.409. The van der Waals surface area contributed by atoms with Crippen molar-refractivity contribution in [2.45, 2.75) is 6.92 Å². The molecule has 0 fully saturated rings. The molecule has 2 rings (SSSR count). The summed E-state index contributed by atoms with van der Waals surface area (Å²) < 4.78 is 0. The summed E-state index contributed by atoms with van der Waals surface area (Å²) in [4.78, 5) is 12.1. The molecule has 94 valence electrons. The topological polar surface area (TPSA) is 83.8 Å². The van der Waals surface area contributed by atoms with E-state index in [2.05, 4.69) is 15.5 Å². The molecule has 0 aliphatic carbocycles. The fraction of sp³-hybridized carbons (Fsp3) is 0.0909. The SMILES string of the molecule is Cc1[nH]nc(N)c1C(=O)Nc1c(Cl)cccc1Cl. The molecular weight excluding hydrogens is 275 g/mol. The normalized spacial score (nSPS) is 10.4. The molecule has 4 N–H and O–H groups in total. The summed E-state index contributed by atoms with van der Waals surface area (Å²) in [5.74, 6) is -0.276. The maximum absolute atomic E-state index is 12.1. The molecule has 7 heteroatoms. The van der Waals surface area contributed by atoms with Crippen molar-refractivity contribution in [2.75, 3.05) is 11.1 Å². The maximum atomic E-state index is 12.1. The predicted octanol–water partition coefficient (Wildman–Crippen LogP) is 2.86. The van der Waals surface area contributed by atoms with Gasteiger partial charge in [0.2, 0.25) is 0 Å². The number of carbonyl (C=O) groups excluding carboxylic acids is 1. The second-order valence-electron chi connectivity index (χ2n) is 3.66. The van der Waals surface area contributed by atoms with Crippen LogP contribution in [0.25, 0.3) is 0 Å². The number of hydrogen-bond donors (Lipinski definition) is 3. The summed E-state index contributed by atoms with van der Waals surface area (Å²) in [6.45, 7) is 1.70. The number of nitrogens with one attached hydrogen (secondary N) is 2. The summed E-state index contributed by atoms with van der Waals surface area (Å²) in [7, 11) is 0. The van der Waals surface area contributed by atoms with Gasteiger partial charge in [0.15, 0.2) is 5.82 Å². The molecule has 1 amide bonds. The van der Waals surface area contributed by atoms with Crippen molar-refractivity contribution in [3.63, 3.8) is 0 Å². The molecule has 0 spiro atoms. The molecule has 1 aromatic heterocycles. The molecule has 0 saturated heterocycles. The number of benzene rings is 1. The number of H-pyrrole nitrogens is 1. The number of aryl methyl sites for hydroxylation is 1. The number of nitrogens with two attached hydrogens (primary N) is 1. The van der Waals surface area contributed by atoms with Crippen LogP contribution in [-0.4, -0.2) is 16.1 Å². The molecule has 1 heterocycles. The Morgan fingerprint density at radius 3 is 2.50 bits per heavy atom. The molecule has 18 heavy (non-hydrogen) atoms. The number of hydrogen-bond acceptors (Lipinski definition) is 3. The first-order valence-electron chi connectivity index (χ1n) is 5.06. The van der Waals surface area contributed by atoms with Gasteiger partial charge in [-0.15, -0.1) is 0 Å². The zero-order chi connectivity index (χ0) is 13.3. The van der Waals surface area contributed by atoms with E-state index in [1.807, 2.05) is 0 Å². The quantitative estimate of drug-likeness (QED) is 0.793. The van der Waals surface area contributed by atoms with Gasteiger partial charge >= 0.3 is 0 Å². The van der Waals surface area contributed by atoms with Crippen LogP contribution in [-0.2, 0) is 0 Å². The van der Waals surface area contributed by atoms with E-state index in [-0.39, 0.29) is 11.4 Å². The minimum Gasteiger partial charge on any atom is -0.382 e. The molecule has 0 saturated carbocycles. The Morgan fingerprint density at radius 1 is 1.39 bits per heavy atom. The van der Waals surface area contributed by atoms with Gasteiger partial charge < -0.3 is 11.1 Å². The molecule has 0 bridgehead atoms. The molecule has 0 aliphatic heterocycles. The number of nitrogen functional groups attached to an aromatic ring is 1. The lowest BCUT2D eigenvalue weighted by atomic mass is 10.2. The largest absolute Gasteiger partial charge is 0.382 e. The van der Waals surface area contributed by atoms with Crippen molar-refractivity contribution in [2.24, 2.45) is 0 Å². The van der Waals surface area contributed by atoms with Crippen molar-refractivity contribution < 1.29 is 4.79 Å². The van der Waals surface area contributed by atoms with Gasteiger partial charge in [-0.05, 0) is 19.1 Å². The van der Waals surface area contributed by atoms with Crippen molar-refractivity contribution in [3.05, 3.63) is 39.5 Å². The Bertz CT molecular complexity index is 569. The van der Waals surface area contributed by atoms with Crippen LogP contribution in [0.5, 0.6) is 0 Å². The molecule has 0 radical (unpaired) electrons. The van der Waals surface area contributed by atoms with E-state index >= 15 is 0 Å². The van der Waals surface area contributed by atoms with Gasteiger partial charge in [-0.3, -0.25) is 9.89 Å². The van der Waals surface area contributed by atoms with Gasteiger partial charge in [-0.25, -0.2) is 0 Å². The van der Waals surface area contributed by atoms with Crippen LogP contribution in [0.1, 0.15) is 16.1 Å². The fourth-order valence-corrected chi connectivity index (χ4v) is 2.02. The Balaban J connectivity index is 2.33. The van der Waals surface area contributed by atoms with Gasteiger partial charge in [-0.1, -0.05) is 29.3 Å². The van der Waals surface area contributed by atoms with E-state index < -0.39 is 5.91 Å². The highest BCUT2D eigenvalue weighted by Gasteiger charge is 2.18. The van der Waals surface area contributed by atoms with Crippen LogP contribution in [0.2, 0.25) is 10.0 Å². The number of anilines is 2. The third kappa shape index (κ3) is 2.27. The zero-order valence-electron chi connectivity index (χ0n) is 9.42. The third-order valence-corrected chi connectivity index (χ3v) is 3.03. The first-order valence-corrected chi connectivity index (χ1v) is 5.82. The third-order valence-electron chi connectivity index (χ3n) is 2.40. The molecule has 0 atom stereocenters. The van der Waals surface area contributed by atoms with Crippen LogP contribution < -0.4 is 11.1 Å². The van der Waals surface area contributed by atoms with E-state index in [1.54, 1.807) is 25.1 Å². The van der Waals surface area contributed by atoms with Gasteiger partial charge in [-0.2, -0.15) is 5.10 Å². The number of halogens is 2. The van der Waals surface area contributed by atoms with E-state index in [1.165, 1.54) is 0 Å². The number of nitrogens with zero attached hydrogens (tertiary/aromatic N) is 1. The van der Waals surface area contributed by atoms with Crippen molar-refractivity contribution >= 4 is 40.6 Å². The van der Waals surface area contributed by atoms with Gasteiger partial charge in [0.05, 0.1) is 15.7 Å². The first kappa shape index (κ1) is 12.7. The second kappa shape index (κ2) is 4.88. The summed E-state index contributed by atoms with van der Waals surface area (Å²) in [6.07, 6.45) is 0. The van der Waals surface area contributed by atoms with Crippen LogP contribution in [0.3, 0.4) is 0 Å². The number of aromatic amines is 1. The predicted molar refractivity (Wildman–Crippen MR) is 72.2 cm³/mol. The molecular formula is C11H10Cl2N4O. The lowest BCUT2D eigenvalue weighted by Gasteiger charge is -2.08.